The van der Waals surface area contributed by atoms with Crippen molar-refractivity contribution in [3.05, 3.63) is 59.7 Å². The Hall–Kier alpha value is -3.11. The zero-order valence-corrected chi connectivity index (χ0v) is 19.6. The second-order valence-electron chi connectivity index (χ2n) is 7.58. The van der Waals surface area contributed by atoms with Crippen molar-refractivity contribution in [2.24, 2.45) is 0 Å². The van der Waals surface area contributed by atoms with Crippen molar-refractivity contribution in [1.82, 2.24) is 10.2 Å². The van der Waals surface area contributed by atoms with Crippen LogP contribution in [0.2, 0.25) is 0 Å². The molecule has 0 aromatic heterocycles. The van der Waals surface area contributed by atoms with Crippen LogP contribution < -0.4 is 14.4 Å². The SMILES string of the molecule is CCOc1cccc(CNC(=O)CN(c2ccc(C(=O)N3CCOCC3)cc2)S(C)(=O)=O)c1. The van der Waals surface area contributed by atoms with Crippen molar-refractivity contribution in [1.29, 1.82) is 0 Å². The van der Waals surface area contributed by atoms with E-state index in [1.165, 1.54) is 12.1 Å². The molecule has 1 saturated heterocycles. The van der Waals surface area contributed by atoms with Gasteiger partial charge in [0.05, 0.1) is 31.8 Å². The molecule has 1 fully saturated rings. The van der Waals surface area contributed by atoms with Crippen LogP contribution in [-0.4, -0.2) is 70.8 Å². The first-order valence-corrected chi connectivity index (χ1v) is 12.6. The van der Waals surface area contributed by atoms with Gasteiger partial charge in [-0.3, -0.25) is 13.9 Å². The summed E-state index contributed by atoms with van der Waals surface area (Å²) in [6, 6.07) is 13.5. The Labute approximate surface area is 194 Å². The van der Waals surface area contributed by atoms with Crippen molar-refractivity contribution in [2.45, 2.75) is 13.5 Å². The molecule has 1 aliphatic heterocycles. The Morgan fingerprint density at radius 2 is 1.82 bits per heavy atom. The number of amides is 2. The van der Waals surface area contributed by atoms with E-state index in [1.54, 1.807) is 17.0 Å². The minimum atomic E-state index is -3.72. The van der Waals surface area contributed by atoms with E-state index in [-0.39, 0.29) is 19.0 Å². The predicted molar refractivity (Wildman–Crippen MR) is 125 cm³/mol. The van der Waals surface area contributed by atoms with Gasteiger partial charge in [-0.2, -0.15) is 0 Å². The number of rotatable bonds is 9. The molecular weight excluding hydrogens is 446 g/mol. The summed E-state index contributed by atoms with van der Waals surface area (Å²) in [5.74, 6) is 0.118. The number of hydrogen-bond donors (Lipinski definition) is 1. The van der Waals surface area contributed by atoms with Crippen LogP contribution in [0.1, 0.15) is 22.8 Å². The summed E-state index contributed by atoms with van der Waals surface area (Å²) >= 11 is 0. The molecule has 2 amide bonds. The predicted octanol–water partition coefficient (Wildman–Crippen LogP) is 1.64. The first kappa shape index (κ1) is 24.5. The summed E-state index contributed by atoms with van der Waals surface area (Å²) in [5.41, 5.74) is 1.60. The molecule has 10 heteroatoms. The highest BCUT2D eigenvalue weighted by Gasteiger charge is 2.22. The highest BCUT2D eigenvalue weighted by atomic mass is 32.2. The van der Waals surface area contributed by atoms with Crippen molar-refractivity contribution in [3.8, 4) is 5.75 Å². The van der Waals surface area contributed by atoms with Crippen molar-refractivity contribution >= 4 is 27.5 Å². The lowest BCUT2D eigenvalue weighted by molar-refractivity contribution is -0.119. The number of ether oxygens (including phenoxy) is 2. The lowest BCUT2D eigenvalue weighted by Gasteiger charge is -2.27. The van der Waals surface area contributed by atoms with Crippen LogP contribution in [0.5, 0.6) is 5.75 Å². The average molecular weight is 476 g/mol. The van der Waals surface area contributed by atoms with Crippen LogP contribution in [0.25, 0.3) is 0 Å². The fraction of sp³-hybridized carbons (Fsp3) is 0.391. The number of morpholine rings is 1. The standard InChI is InChI=1S/C23H29N3O6S/c1-3-32-21-6-4-5-18(15-21)16-24-22(27)17-26(33(2,29)30)20-9-7-19(8-10-20)23(28)25-11-13-31-14-12-25/h4-10,15H,3,11-14,16-17H2,1-2H3,(H,24,27). The van der Waals surface area contributed by atoms with Crippen LogP contribution in [0.15, 0.2) is 48.5 Å². The first-order chi connectivity index (χ1) is 15.8. The topological polar surface area (TPSA) is 105 Å². The van der Waals surface area contributed by atoms with Gasteiger partial charge >= 0.3 is 0 Å². The van der Waals surface area contributed by atoms with Gasteiger partial charge in [0.15, 0.2) is 0 Å². The first-order valence-electron chi connectivity index (χ1n) is 10.7. The lowest BCUT2D eigenvalue weighted by atomic mass is 10.1. The molecule has 0 unspecified atom stereocenters. The molecule has 178 valence electrons. The lowest BCUT2D eigenvalue weighted by Crippen LogP contribution is -2.41. The van der Waals surface area contributed by atoms with E-state index < -0.39 is 15.9 Å². The number of sulfonamides is 1. The van der Waals surface area contributed by atoms with E-state index in [0.717, 1.165) is 16.1 Å². The molecule has 0 bridgehead atoms. The highest BCUT2D eigenvalue weighted by molar-refractivity contribution is 7.92. The zero-order valence-electron chi connectivity index (χ0n) is 18.8. The summed E-state index contributed by atoms with van der Waals surface area (Å²) in [6.45, 7) is 4.32. The van der Waals surface area contributed by atoms with Gasteiger partial charge in [-0.15, -0.1) is 0 Å². The van der Waals surface area contributed by atoms with Crippen LogP contribution in [0.4, 0.5) is 5.69 Å². The van der Waals surface area contributed by atoms with Gasteiger partial charge in [-0.1, -0.05) is 12.1 Å². The number of benzene rings is 2. The van der Waals surface area contributed by atoms with Crippen molar-refractivity contribution in [3.63, 3.8) is 0 Å². The summed E-state index contributed by atoms with van der Waals surface area (Å²) in [7, 11) is -3.72. The van der Waals surface area contributed by atoms with Crippen LogP contribution in [0, 0.1) is 0 Å². The largest absolute Gasteiger partial charge is 0.494 e. The van der Waals surface area contributed by atoms with Gasteiger partial charge < -0.3 is 19.7 Å². The number of nitrogens with one attached hydrogen (secondary N) is 1. The van der Waals surface area contributed by atoms with E-state index in [9.17, 15) is 18.0 Å². The zero-order chi connectivity index (χ0) is 23.8. The second-order valence-corrected chi connectivity index (χ2v) is 9.49. The minimum Gasteiger partial charge on any atom is -0.494 e. The third kappa shape index (κ3) is 6.93. The van der Waals surface area contributed by atoms with Gasteiger partial charge in [-0.25, -0.2) is 8.42 Å². The van der Waals surface area contributed by atoms with Crippen molar-refractivity contribution in [2.75, 3.05) is 50.0 Å². The number of carbonyl (C=O) groups excluding carboxylic acids is 2. The summed E-state index contributed by atoms with van der Waals surface area (Å²) < 4.78 is 36.5. The van der Waals surface area contributed by atoms with E-state index in [1.807, 2.05) is 31.2 Å². The molecule has 3 rings (SSSR count). The molecule has 0 atom stereocenters. The molecule has 33 heavy (non-hydrogen) atoms. The van der Waals surface area contributed by atoms with Crippen molar-refractivity contribution < 1.29 is 27.5 Å². The van der Waals surface area contributed by atoms with Crippen LogP contribution in [0.3, 0.4) is 0 Å². The fourth-order valence-electron chi connectivity index (χ4n) is 3.42. The molecule has 0 radical (unpaired) electrons. The normalized spacial score (nSPS) is 13.9. The summed E-state index contributed by atoms with van der Waals surface area (Å²) in [6.07, 6.45) is 1.04. The third-order valence-corrected chi connectivity index (χ3v) is 6.23. The number of carbonyl (C=O) groups is 2. The number of nitrogens with zero attached hydrogens (tertiary/aromatic N) is 2. The summed E-state index contributed by atoms with van der Waals surface area (Å²) in [5, 5.41) is 2.74. The van der Waals surface area contributed by atoms with Gasteiger partial charge in [0, 0.05) is 25.2 Å². The van der Waals surface area contributed by atoms with Crippen LogP contribution >= 0.6 is 0 Å². The fourth-order valence-corrected chi connectivity index (χ4v) is 4.27. The molecule has 2 aromatic rings. The van der Waals surface area contributed by atoms with Gasteiger partial charge in [0.2, 0.25) is 15.9 Å². The Balaban J connectivity index is 1.65. The van der Waals surface area contributed by atoms with Gasteiger partial charge in [-0.05, 0) is 48.9 Å². The molecule has 1 heterocycles. The molecule has 9 nitrogen and oxygen atoms in total. The Morgan fingerprint density at radius 1 is 1.12 bits per heavy atom. The third-order valence-electron chi connectivity index (χ3n) is 5.09. The molecule has 0 saturated carbocycles. The van der Waals surface area contributed by atoms with E-state index in [2.05, 4.69) is 5.32 Å². The van der Waals surface area contributed by atoms with Crippen LogP contribution in [-0.2, 0) is 26.1 Å². The molecular formula is C23H29N3O6S. The average Bonchev–Trinajstić information content (AvgIpc) is 2.81. The Bertz CT molecular complexity index is 1070. The monoisotopic (exact) mass is 475 g/mol. The van der Waals surface area contributed by atoms with Gasteiger partial charge in [0.1, 0.15) is 12.3 Å². The quantitative estimate of drug-likeness (QED) is 0.591. The summed E-state index contributed by atoms with van der Waals surface area (Å²) in [4.78, 5) is 26.8. The Morgan fingerprint density at radius 3 is 2.45 bits per heavy atom. The van der Waals surface area contributed by atoms with E-state index >= 15 is 0 Å². The van der Waals surface area contributed by atoms with E-state index in [0.29, 0.717) is 49.9 Å². The smallest absolute Gasteiger partial charge is 0.254 e. The molecule has 2 aromatic carbocycles. The second kappa shape index (κ2) is 11.2. The molecule has 1 N–H and O–H groups in total. The molecule has 0 spiro atoms. The number of anilines is 1. The maximum atomic E-state index is 12.6. The van der Waals surface area contributed by atoms with Gasteiger partial charge in [0.25, 0.3) is 5.91 Å². The Kier molecular flexibility index (Phi) is 8.29. The number of hydrogen-bond acceptors (Lipinski definition) is 6. The maximum Gasteiger partial charge on any atom is 0.254 e. The van der Waals surface area contributed by atoms with E-state index in [4.69, 9.17) is 9.47 Å². The highest BCUT2D eigenvalue weighted by Crippen LogP contribution is 2.19. The molecule has 1 aliphatic rings. The molecule has 0 aliphatic carbocycles. The maximum absolute atomic E-state index is 12.6. The minimum absolute atomic E-state index is 0.136.